The van der Waals surface area contributed by atoms with E-state index in [0.717, 1.165) is 5.56 Å². The molecule has 0 saturated carbocycles. The van der Waals surface area contributed by atoms with Crippen LogP contribution in [0.2, 0.25) is 5.15 Å². The first kappa shape index (κ1) is 24.3. The van der Waals surface area contributed by atoms with E-state index >= 15 is 0 Å². The Morgan fingerprint density at radius 2 is 1.79 bits per heavy atom. The first-order valence-electron chi connectivity index (χ1n) is 10.5. The molecule has 1 N–H and O–H groups in total. The molecule has 33 heavy (non-hydrogen) atoms. The number of halogens is 1. The maximum Gasteiger partial charge on any atom is 0.410 e. The average molecular weight is 475 g/mol. The Morgan fingerprint density at radius 3 is 2.45 bits per heavy atom. The van der Waals surface area contributed by atoms with Crippen LogP contribution in [0.15, 0.2) is 48.5 Å². The molecule has 1 saturated heterocycles. The number of hydrogen-bond acceptors (Lipinski definition) is 6. The monoisotopic (exact) mass is 474 g/mol. The molecular weight excluding hydrogens is 448 g/mol. The van der Waals surface area contributed by atoms with E-state index in [1.165, 1.54) is 9.80 Å². The van der Waals surface area contributed by atoms with Crippen molar-refractivity contribution in [3.8, 4) is 0 Å². The van der Waals surface area contributed by atoms with Crippen molar-refractivity contribution in [2.75, 3.05) is 25.0 Å². The summed E-state index contributed by atoms with van der Waals surface area (Å²) in [5.74, 6) is -0.283. The van der Waals surface area contributed by atoms with Gasteiger partial charge >= 0.3 is 12.2 Å². The van der Waals surface area contributed by atoms with E-state index in [9.17, 15) is 14.4 Å². The lowest BCUT2D eigenvalue weighted by molar-refractivity contribution is -0.122. The molecule has 1 atom stereocenters. The Bertz CT molecular complexity index is 996. The SMILES string of the molecule is CC(C)(C)OC(=O)N1CCN(C(=O)OCc2ccccc2)[C@H](C(=O)Nc2cccc(Cl)n2)C1. The van der Waals surface area contributed by atoms with Gasteiger partial charge in [-0.2, -0.15) is 0 Å². The second-order valence-corrected chi connectivity index (χ2v) is 8.90. The standard InChI is InChI=1S/C23H27ClN4O5/c1-23(2,3)33-21(30)27-12-13-28(22(31)32-15-16-8-5-4-6-9-16)17(14-27)20(29)26-19-11-7-10-18(24)25-19/h4-11,17H,12-15H2,1-3H3,(H,25,26,29)/t17-/m0/s1. The van der Waals surface area contributed by atoms with Gasteiger partial charge in [0.05, 0.1) is 6.54 Å². The van der Waals surface area contributed by atoms with Crippen LogP contribution in [-0.2, 0) is 20.9 Å². The number of amides is 3. The van der Waals surface area contributed by atoms with Gasteiger partial charge in [0.1, 0.15) is 29.2 Å². The summed E-state index contributed by atoms with van der Waals surface area (Å²) < 4.78 is 10.9. The summed E-state index contributed by atoms with van der Waals surface area (Å²) in [6.07, 6.45) is -1.21. The lowest BCUT2D eigenvalue weighted by atomic mass is 10.1. The van der Waals surface area contributed by atoms with Gasteiger partial charge in [-0.25, -0.2) is 14.6 Å². The van der Waals surface area contributed by atoms with Crippen molar-refractivity contribution in [2.24, 2.45) is 0 Å². The van der Waals surface area contributed by atoms with E-state index in [0.29, 0.717) is 0 Å². The number of aromatic nitrogens is 1. The zero-order valence-electron chi connectivity index (χ0n) is 18.8. The van der Waals surface area contributed by atoms with Crippen molar-refractivity contribution in [1.82, 2.24) is 14.8 Å². The number of pyridine rings is 1. The molecule has 176 valence electrons. The number of rotatable bonds is 4. The fourth-order valence-electron chi connectivity index (χ4n) is 3.21. The molecule has 0 aliphatic carbocycles. The third-order valence-electron chi connectivity index (χ3n) is 4.74. The molecule has 0 unspecified atom stereocenters. The van der Waals surface area contributed by atoms with E-state index in [4.69, 9.17) is 21.1 Å². The van der Waals surface area contributed by atoms with Crippen LogP contribution in [0.4, 0.5) is 15.4 Å². The lowest BCUT2D eigenvalue weighted by Crippen LogP contribution is -2.61. The van der Waals surface area contributed by atoms with E-state index in [1.807, 2.05) is 30.3 Å². The number of nitrogens with zero attached hydrogens (tertiary/aromatic N) is 3. The van der Waals surface area contributed by atoms with Gasteiger partial charge in [0.25, 0.3) is 0 Å². The molecule has 1 aromatic carbocycles. The number of anilines is 1. The average Bonchev–Trinajstić information content (AvgIpc) is 2.76. The zero-order chi connectivity index (χ0) is 24.0. The summed E-state index contributed by atoms with van der Waals surface area (Å²) in [7, 11) is 0. The first-order valence-corrected chi connectivity index (χ1v) is 10.9. The van der Waals surface area contributed by atoms with E-state index < -0.39 is 29.7 Å². The second kappa shape index (κ2) is 10.5. The predicted molar refractivity (Wildman–Crippen MR) is 123 cm³/mol. The highest BCUT2D eigenvalue weighted by Gasteiger charge is 2.39. The Kier molecular flexibility index (Phi) is 7.75. The van der Waals surface area contributed by atoms with Gasteiger partial charge in [-0.05, 0) is 38.5 Å². The number of hydrogen-bond donors (Lipinski definition) is 1. The molecule has 2 aromatic rings. The Labute approximate surface area is 197 Å². The highest BCUT2D eigenvalue weighted by molar-refractivity contribution is 6.29. The van der Waals surface area contributed by atoms with E-state index in [2.05, 4.69) is 10.3 Å². The summed E-state index contributed by atoms with van der Waals surface area (Å²) in [4.78, 5) is 45.3. The third kappa shape index (κ3) is 7.08. The Hall–Kier alpha value is -3.33. The smallest absolute Gasteiger partial charge is 0.410 e. The van der Waals surface area contributed by atoms with Crippen molar-refractivity contribution >= 4 is 35.5 Å². The van der Waals surface area contributed by atoms with E-state index in [1.54, 1.807) is 39.0 Å². The number of ether oxygens (including phenoxy) is 2. The Balaban J connectivity index is 1.74. The summed E-state index contributed by atoms with van der Waals surface area (Å²) in [5.41, 5.74) is 0.132. The maximum absolute atomic E-state index is 13.1. The zero-order valence-corrected chi connectivity index (χ0v) is 19.5. The highest BCUT2D eigenvalue weighted by Crippen LogP contribution is 2.18. The molecule has 0 spiro atoms. The molecule has 0 radical (unpaired) electrons. The van der Waals surface area contributed by atoms with Gasteiger partial charge in [0.15, 0.2) is 0 Å². The van der Waals surface area contributed by atoms with E-state index in [-0.39, 0.29) is 37.2 Å². The van der Waals surface area contributed by atoms with Crippen LogP contribution in [0.1, 0.15) is 26.3 Å². The van der Waals surface area contributed by atoms with Gasteiger partial charge in [-0.3, -0.25) is 9.69 Å². The molecular formula is C23H27ClN4O5. The van der Waals surface area contributed by atoms with Crippen LogP contribution in [0.3, 0.4) is 0 Å². The molecule has 1 aliphatic heterocycles. The number of carbonyl (C=O) groups is 3. The molecule has 2 heterocycles. The second-order valence-electron chi connectivity index (χ2n) is 8.51. The van der Waals surface area contributed by atoms with Gasteiger partial charge in [-0.15, -0.1) is 0 Å². The normalized spacial score (nSPS) is 16.2. The van der Waals surface area contributed by atoms with Crippen LogP contribution in [0.25, 0.3) is 0 Å². The fourth-order valence-corrected chi connectivity index (χ4v) is 3.37. The first-order chi connectivity index (χ1) is 15.6. The minimum Gasteiger partial charge on any atom is -0.445 e. The Morgan fingerprint density at radius 1 is 1.06 bits per heavy atom. The molecule has 1 aliphatic rings. The highest BCUT2D eigenvalue weighted by atomic mass is 35.5. The fraction of sp³-hybridized carbons (Fsp3) is 0.391. The van der Waals surface area contributed by atoms with Crippen LogP contribution in [-0.4, -0.2) is 64.2 Å². The molecule has 9 nitrogen and oxygen atoms in total. The van der Waals surface area contributed by atoms with Crippen molar-refractivity contribution < 1.29 is 23.9 Å². The van der Waals surface area contributed by atoms with Gasteiger partial charge in [-0.1, -0.05) is 48.0 Å². The minimum atomic E-state index is -1.00. The van der Waals surface area contributed by atoms with Crippen molar-refractivity contribution in [3.63, 3.8) is 0 Å². The van der Waals surface area contributed by atoms with Crippen molar-refractivity contribution in [2.45, 2.75) is 39.0 Å². The topological polar surface area (TPSA) is 101 Å². The summed E-state index contributed by atoms with van der Waals surface area (Å²) in [5, 5.41) is 2.87. The molecule has 1 fully saturated rings. The lowest BCUT2D eigenvalue weighted by Gasteiger charge is -2.40. The molecule has 3 amide bonds. The largest absolute Gasteiger partial charge is 0.445 e. The number of carbonyl (C=O) groups excluding carboxylic acids is 3. The predicted octanol–water partition coefficient (Wildman–Crippen LogP) is 3.93. The molecule has 3 rings (SSSR count). The summed E-state index contributed by atoms with van der Waals surface area (Å²) in [6.45, 7) is 5.60. The van der Waals surface area contributed by atoms with Crippen LogP contribution in [0.5, 0.6) is 0 Å². The molecule has 0 bridgehead atoms. The molecule has 10 heteroatoms. The maximum atomic E-state index is 13.1. The van der Waals surface area contributed by atoms with Crippen molar-refractivity contribution in [3.05, 3.63) is 59.2 Å². The minimum absolute atomic E-state index is 0.0538. The van der Waals surface area contributed by atoms with Crippen LogP contribution >= 0.6 is 11.6 Å². The van der Waals surface area contributed by atoms with Gasteiger partial charge < -0.3 is 19.7 Å². The van der Waals surface area contributed by atoms with Gasteiger partial charge in [0.2, 0.25) is 5.91 Å². The molecule has 1 aromatic heterocycles. The van der Waals surface area contributed by atoms with Gasteiger partial charge in [0, 0.05) is 13.1 Å². The number of benzene rings is 1. The summed E-state index contributed by atoms with van der Waals surface area (Å²) >= 11 is 5.90. The van der Waals surface area contributed by atoms with Crippen LogP contribution in [0, 0.1) is 0 Å². The van der Waals surface area contributed by atoms with Crippen molar-refractivity contribution in [1.29, 1.82) is 0 Å². The van der Waals surface area contributed by atoms with Crippen LogP contribution < -0.4 is 5.32 Å². The summed E-state index contributed by atoms with van der Waals surface area (Å²) in [6, 6.07) is 13.0. The number of piperazine rings is 1. The third-order valence-corrected chi connectivity index (χ3v) is 4.95. The number of nitrogens with one attached hydrogen (secondary N) is 1. The quantitative estimate of drug-likeness (QED) is 0.674.